The van der Waals surface area contributed by atoms with Crippen LogP contribution in [0, 0.1) is 10.1 Å². The number of urea groups is 1. The standard InChI is InChI=1S/C22H22N4O6/c1-3-5-19(28)23-16-10-8-14(9-11-16)18(27)13-25-20(29)22(2,24-21(25)30)15-6-4-7-17(12-15)26(31)32/h4,6-12H,3,5,13H2,1-2H3,(H,23,28)(H,24,30). The molecule has 1 fully saturated rings. The van der Waals surface area contributed by atoms with Gasteiger partial charge in [0, 0.05) is 29.8 Å². The van der Waals surface area contributed by atoms with E-state index in [4.69, 9.17) is 0 Å². The molecule has 2 N–H and O–H groups in total. The highest BCUT2D eigenvalue weighted by atomic mass is 16.6. The van der Waals surface area contributed by atoms with E-state index in [9.17, 15) is 29.3 Å². The Kier molecular flexibility index (Phi) is 6.33. The van der Waals surface area contributed by atoms with E-state index in [1.54, 1.807) is 12.1 Å². The van der Waals surface area contributed by atoms with Gasteiger partial charge in [0.1, 0.15) is 5.54 Å². The van der Waals surface area contributed by atoms with Gasteiger partial charge in [0.2, 0.25) is 5.91 Å². The van der Waals surface area contributed by atoms with E-state index in [1.165, 1.54) is 43.3 Å². The van der Waals surface area contributed by atoms with E-state index in [0.29, 0.717) is 18.5 Å². The molecule has 0 aromatic heterocycles. The molecule has 4 amide bonds. The van der Waals surface area contributed by atoms with E-state index in [-0.39, 0.29) is 22.7 Å². The Morgan fingerprint density at radius 3 is 2.47 bits per heavy atom. The summed E-state index contributed by atoms with van der Waals surface area (Å²) in [5.41, 5.74) is -0.702. The SMILES string of the molecule is CCCC(=O)Nc1ccc(C(=O)CN2C(=O)NC(C)(c3cccc([N+](=O)[O-])c3)C2=O)cc1. The highest BCUT2D eigenvalue weighted by Crippen LogP contribution is 2.31. The lowest BCUT2D eigenvalue weighted by molar-refractivity contribution is -0.385. The molecule has 3 rings (SSSR count). The van der Waals surface area contributed by atoms with Crippen LogP contribution >= 0.6 is 0 Å². The average Bonchev–Trinajstić information content (AvgIpc) is 2.98. The number of rotatable bonds is 8. The number of nitro benzene ring substituents is 1. The lowest BCUT2D eigenvalue weighted by atomic mass is 9.91. The van der Waals surface area contributed by atoms with Crippen LogP contribution in [0.1, 0.15) is 42.6 Å². The van der Waals surface area contributed by atoms with Gasteiger partial charge in [-0.25, -0.2) is 4.79 Å². The zero-order chi connectivity index (χ0) is 23.5. The van der Waals surface area contributed by atoms with Gasteiger partial charge >= 0.3 is 6.03 Å². The second kappa shape index (κ2) is 8.96. The minimum atomic E-state index is -1.53. The first kappa shape index (κ1) is 22.6. The van der Waals surface area contributed by atoms with Crippen LogP contribution < -0.4 is 10.6 Å². The lowest BCUT2D eigenvalue weighted by Gasteiger charge is -2.22. The predicted molar refractivity (Wildman–Crippen MR) is 115 cm³/mol. The minimum absolute atomic E-state index is 0.133. The van der Waals surface area contributed by atoms with Crippen molar-refractivity contribution in [1.82, 2.24) is 10.2 Å². The highest BCUT2D eigenvalue weighted by Gasteiger charge is 2.49. The quantitative estimate of drug-likeness (QED) is 0.281. The fourth-order valence-electron chi connectivity index (χ4n) is 3.39. The number of hydrogen-bond donors (Lipinski definition) is 2. The van der Waals surface area contributed by atoms with Gasteiger partial charge in [-0.2, -0.15) is 0 Å². The highest BCUT2D eigenvalue weighted by molar-refractivity contribution is 6.11. The summed E-state index contributed by atoms with van der Waals surface area (Å²) in [5, 5.41) is 16.3. The van der Waals surface area contributed by atoms with Gasteiger partial charge < -0.3 is 10.6 Å². The van der Waals surface area contributed by atoms with Crippen LogP contribution in [0.25, 0.3) is 0 Å². The van der Waals surface area contributed by atoms with E-state index < -0.39 is 34.7 Å². The molecule has 10 heteroatoms. The van der Waals surface area contributed by atoms with Crippen molar-refractivity contribution in [3.05, 3.63) is 69.8 Å². The van der Waals surface area contributed by atoms with Crippen molar-refractivity contribution < 1.29 is 24.1 Å². The molecule has 1 unspecified atom stereocenters. The molecule has 2 aromatic carbocycles. The number of Topliss-reactive ketones (excluding diaryl/α,β-unsaturated/α-hetero) is 1. The molecule has 0 aliphatic carbocycles. The summed E-state index contributed by atoms with van der Waals surface area (Å²) in [4.78, 5) is 61.0. The smallest absolute Gasteiger partial charge is 0.325 e. The van der Waals surface area contributed by atoms with Gasteiger partial charge in [-0.3, -0.25) is 29.4 Å². The Morgan fingerprint density at radius 1 is 1.16 bits per heavy atom. The number of carbonyl (C=O) groups is 4. The summed E-state index contributed by atoms with van der Waals surface area (Å²) in [5.74, 6) is -1.28. The molecule has 1 saturated heterocycles. The molecule has 1 aliphatic heterocycles. The molecule has 1 heterocycles. The van der Waals surface area contributed by atoms with Gasteiger partial charge in [-0.15, -0.1) is 0 Å². The Bertz CT molecular complexity index is 1100. The summed E-state index contributed by atoms with van der Waals surface area (Å²) in [6.45, 7) is 2.84. The lowest BCUT2D eigenvalue weighted by Crippen LogP contribution is -2.41. The van der Waals surface area contributed by atoms with Crippen molar-refractivity contribution >= 4 is 35.0 Å². The van der Waals surface area contributed by atoms with Crippen LogP contribution in [-0.4, -0.2) is 40.0 Å². The van der Waals surface area contributed by atoms with Gasteiger partial charge in [0.15, 0.2) is 5.78 Å². The molecule has 0 spiro atoms. The third kappa shape index (κ3) is 4.48. The number of anilines is 1. The number of carbonyl (C=O) groups excluding carboxylic acids is 4. The van der Waals surface area contributed by atoms with Crippen molar-refractivity contribution in [2.24, 2.45) is 0 Å². The second-order valence-corrected chi connectivity index (χ2v) is 7.55. The van der Waals surface area contributed by atoms with Gasteiger partial charge in [-0.05, 0) is 43.2 Å². The van der Waals surface area contributed by atoms with E-state index in [1.807, 2.05) is 6.92 Å². The monoisotopic (exact) mass is 438 g/mol. The van der Waals surface area contributed by atoms with Gasteiger partial charge in [0.05, 0.1) is 11.5 Å². The Hall–Kier alpha value is -4.08. The normalized spacial score (nSPS) is 17.8. The molecular weight excluding hydrogens is 416 g/mol. The van der Waals surface area contributed by atoms with Crippen LogP contribution in [0.15, 0.2) is 48.5 Å². The topological polar surface area (TPSA) is 139 Å². The van der Waals surface area contributed by atoms with Gasteiger partial charge in [-0.1, -0.05) is 19.1 Å². The fourth-order valence-corrected chi connectivity index (χ4v) is 3.39. The number of nitrogens with one attached hydrogen (secondary N) is 2. The number of benzene rings is 2. The maximum atomic E-state index is 13.0. The molecule has 32 heavy (non-hydrogen) atoms. The van der Waals surface area contributed by atoms with Crippen LogP contribution in [0.3, 0.4) is 0 Å². The molecular formula is C22H22N4O6. The van der Waals surface area contributed by atoms with Crippen molar-refractivity contribution in [1.29, 1.82) is 0 Å². The summed E-state index contributed by atoms with van der Waals surface area (Å²) in [7, 11) is 0. The largest absolute Gasteiger partial charge is 0.326 e. The molecule has 1 aliphatic rings. The van der Waals surface area contributed by atoms with Crippen molar-refractivity contribution in [2.45, 2.75) is 32.2 Å². The molecule has 10 nitrogen and oxygen atoms in total. The molecule has 0 saturated carbocycles. The summed E-state index contributed by atoms with van der Waals surface area (Å²) < 4.78 is 0. The van der Waals surface area contributed by atoms with Crippen molar-refractivity contribution in [2.75, 3.05) is 11.9 Å². The second-order valence-electron chi connectivity index (χ2n) is 7.55. The Balaban J connectivity index is 1.74. The maximum absolute atomic E-state index is 13.0. The fraction of sp³-hybridized carbons (Fsp3) is 0.273. The predicted octanol–water partition coefficient (Wildman–Crippen LogP) is 2.98. The van der Waals surface area contributed by atoms with E-state index >= 15 is 0 Å². The van der Waals surface area contributed by atoms with E-state index in [2.05, 4.69) is 10.6 Å². The first-order chi connectivity index (χ1) is 15.2. The number of non-ortho nitro benzene ring substituents is 1. The van der Waals surface area contributed by atoms with Crippen molar-refractivity contribution in [3.63, 3.8) is 0 Å². The van der Waals surface area contributed by atoms with Crippen molar-refractivity contribution in [3.8, 4) is 0 Å². The number of nitrogens with zero attached hydrogens (tertiary/aromatic N) is 2. The molecule has 0 bridgehead atoms. The Labute approximate surface area is 183 Å². The average molecular weight is 438 g/mol. The third-order valence-corrected chi connectivity index (χ3v) is 5.18. The van der Waals surface area contributed by atoms with Crippen LogP contribution in [0.4, 0.5) is 16.2 Å². The minimum Gasteiger partial charge on any atom is -0.326 e. The first-order valence-corrected chi connectivity index (χ1v) is 9.98. The maximum Gasteiger partial charge on any atom is 0.325 e. The Morgan fingerprint density at radius 2 is 1.84 bits per heavy atom. The summed E-state index contributed by atoms with van der Waals surface area (Å²) in [6, 6.07) is 10.8. The number of imide groups is 1. The van der Waals surface area contributed by atoms with Crippen LogP contribution in [0.2, 0.25) is 0 Å². The number of ketones is 1. The first-order valence-electron chi connectivity index (χ1n) is 9.98. The zero-order valence-corrected chi connectivity index (χ0v) is 17.6. The number of nitro groups is 1. The molecule has 1 atom stereocenters. The zero-order valence-electron chi connectivity index (χ0n) is 17.6. The summed E-state index contributed by atoms with van der Waals surface area (Å²) in [6.07, 6.45) is 1.10. The van der Waals surface area contributed by atoms with Gasteiger partial charge in [0.25, 0.3) is 11.6 Å². The molecule has 166 valence electrons. The van der Waals surface area contributed by atoms with Crippen LogP contribution in [-0.2, 0) is 15.1 Å². The third-order valence-electron chi connectivity index (χ3n) is 5.18. The van der Waals surface area contributed by atoms with Crippen LogP contribution in [0.5, 0.6) is 0 Å². The van der Waals surface area contributed by atoms with E-state index in [0.717, 1.165) is 4.90 Å². The number of amides is 4. The molecule has 2 aromatic rings. The number of hydrogen-bond acceptors (Lipinski definition) is 6. The molecule has 0 radical (unpaired) electrons. The summed E-state index contributed by atoms with van der Waals surface area (Å²) >= 11 is 0.